The van der Waals surface area contributed by atoms with E-state index >= 15 is 0 Å². The topological polar surface area (TPSA) is 65.5 Å². The largest absolute Gasteiger partial charge is 0.394 e. The number of nitrogens with one attached hydrogen (secondary N) is 3. The number of aliphatic hydroxyl groups is 1. The molecular weight excluding hydrogens is 286 g/mol. The molecule has 0 aromatic carbocycles. The van der Waals surface area contributed by atoms with E-state index in [0.29, 0.717) is 12.6 Å². The molecule has 0 aliphatic carbocycles. The van der Waals surface area contributed by atoms with Crippen molar-refractivity contribution in [1.29, 1.82) is 0 Å². The summed E-state index contributed by atoms with van der Waals surface area (Å²) in [5.74, 6) is 1.28. The van der Waals surface area contributed by atoms with Gasteiger partial charge in [0.2, 0.25) is 0 Å². The van der Waals surface area contributed by atoms with Gasteiger partial charge in [-0.1, -0.05) is 12.8 Å². The first-order valence-corrected chi connectivity index (χ1v) is 9.44. The van der Waals surface area contributed by atoms with Gasteiger partial charge in [-0.05, 0) is 32.4 Å². The molecule has 21 heavy (non-hydrogen) atoms. The van der Waals surface area contributed by atoms with Crippen molar-refractivity contribution in [1.82, 2.24) is 16.0 Å². The lowest BCUT2D eigenvalue weighted by molar-refractivity contribution is 0.0907. The van der Waals surface area contributed by atoms with Gasteiger partial charge in [-0.25, -0.2) is 0 Å². The maximum absolute atomic E-state index is 8.57. The summed E-state index contributed by atoms with van der Waals surface area (Å²) < 4.78 is 5.22. The average Bonchev–Trinajstić information content (AvgIpc) is 3.09. The average molecular weight is 317 g/mol. The Morgan fingerprint density at radius 3 is 2.90 bits per heavy atom. The molecule has 4 N–H and O–H groups in total. The van der Waals surface area contributed by atoms with E-state index < -0.39 is 0 Å². The number of hydrogen-bond donors (Lipinski definition) is 4. The molecule has 2 heterocycles. The molecule has 3 atom stereocenters. The molecule has 0 unspecified atom stereocenters. The van der Waals surface area contributed by atoms with Gasteiger partial charge in [0.1, 0.15) is 0 Å². The lowest BCUT2D eigenvalue weighted by Gasteiger charge is -2.17. The van der Waals surface area contributed by atoms with Crippen molar-refractivity contribution in [3.8, 4) is 0 Å². The molecule has 2 fully saturated rings. The minimum Gasteiger partial charge on any atom is -0.394 e. The molecule has 0 spiro atoms. The first-order chi connectivity index (χ1) is 10.4. The molecular formula is C15H31N3O2S. The van der Waals surface area contributed by atoms with Crippen molar-refractivity contribution in [3.63, 3.8) is 0 Å². The van der Waals surface area contributed by atoms with Crippen LogP contribution in [0.1, 0.15) is 32.1 Å². The minimum absolute atomic E-state index is 0.125. The van der Waals surface area contributed by atoms with Crippen LogP contribution in [0.5, 0.6) is 0 Å². The predicted molar refractivity (Wildman–Crippen MR) is 88.8 cm³/mol. The molecule has 2 aliphatic rings. The Labute approximate surface area is 133 Å². The molecule has 2 rings (SSSR count). The quantitative estimate of drug-likeness (QED) is 0.394. The van der Waals surface area contributed by atoms with Crippen molar-refractivity contribution in [2.24, 2.45) is 0 Å². The van der Waals surface area contributed by atoms with Crippen LogP contribution < -0.4 is 16.0 Å². The van der Waals surface area contributed by atoms with Gasteiger partial charge in [-0.15, -0.1) is 0 Å². The van der Waals surface area contributed by atoms with E-state index in [1.165, 1.54) is 31.4 Å². The van der Waals surface area contributed by atoms with E-state index in [-0.39, 0.29) is 6.61 Å². The van der Waals surface area contributed by atoms with Gasteiger partial charge in [0, 0.05) is 36.4 Å². The summed E-state index contributed by atoms with van der Waals surface area (Å²) >= 11 is 2.14. The summed E-state index contributed by atoms with van der Waals surface area (Å²) in [6.07, 6.45) is 6.34. The Hall–Kier alpha value is 0.150. The van der Waals surface area contributed by atoms with Crippen LogP contribution in [0.2, 0.25) is 0 Å². The van der Waals surface area contributed by atoms with Crippen LogP contribution in [-0.2, 0) is 4.74 Å². The monoisotopic (exact) mass is 317 g/mol. The zero-order valence-electron chi connectivity index (χ0n) is 13.0. The molecule has 6 heteroatoms. The van der Waals surface area contributed by atoms with E-state index in [1.807, 2.05) is 0 Å². The standard InChI is InChI=1S/C15H31N3O2S/c19-8-10-20-9-4-7-16-6-3-1-2-5-14-15-13(11-21-14)17-12-18-15/h13-19H,1-12H2/t13-,14-,15-/m0/s1. The van der Waals surface area contributed by atoms with Gasteiger partial charge in [0.05, 0.1) is 13.2 Å². The van der Waals surface area contributed by atoms with Crippen molar-refractivity contribution < 1.29 is 9.84 Å². The molecule has 0 bridgehead atoms. The van der Waals surface area contributed by atoms with Gasteiger partial charge in [-0.3, -0.25) is 10.6 Å². The lowest BCUT2D eigenvalue weighted by atomic mass is 10.0. The second-order valence-electron chi connectivity index (χ2n) is 5.88. The summed E-state index contributed by atoms with van der Waals surface area (Å²) in [5, 5.41) is 20.0. The van der Waals surface area contributed by atoms with E-state index in [9.17, 15) is 0 Å². The zero-order valence-corrected chi connectivity index (χ0v) is 13.8. The Bertz CT molecular complexity index is 271. The van der Waals surface area contributed by atoms with Gasteiger partial charge in [0.15, 0.2) is 0 Å². The molecule has 2 saturated heterocycles. The fraction of sp³-hybridized carbons (Fsp3) is 1.00. The summed E-state index contributed by atoms with van der Waals surface area (Å²) in [7, 11) is 0. The molecule has 124 valence electrons. The van der Waals surface area contributed by atoms with Crippen LogP contribution in [0.15, 0.2) is 0 Å². The van der Waals surface area contributed by atoms with Gasteiger partial charge < -0.3 is 15.2 Å². The van der Waals surface area contributed by atoms with Gasteiger partial charge in [0.25, 0.3) is 0 Å². The summed E-state index contributed by atoms with van der Waals surface area (Å²) in [4.78, 5) is 0. The van der Waals surface area contributed by atoms with Crippen LogP contribution in [0.4, 0.5) is 0 Å². The number of aliphatic hydroxyl groups excluding tert-OH is 1. The fourth-order valence-corrected chi connectivity index (χ4v) is 4.69. The highest BCUT2D eigenvalue weighted by molar-refractivity contribution is 8.00. The third kappa shape index (κ3) is 6.42. The number of ether oxygens (including phenoxy) is 1. The smallest absolute Gasteiger partial charge is 0.0697 e. The van der Waals surface area contributed by atoms with Crippen LogP contribution in [0.25, 0.3) is 0 Å². The zero-order chi connectivity index (χ0) is 14.8. The molecule has 0 radical (unpaired) electrons. The fourth-order valence-electron chi connectivity index (χ4n) is 3.09. The molecule has 0 amide bonds. The first kappa shape index (κ1) is 17.5. The predicted octanol–water partition coefficient (Wildman–Crippen LogP) is 0.538. The second-order valence-corrected chi connectivity index (χ2v) is 7.15. The van der Waals surface area contributed by atoms with Crippen LogP contribution in [0.3, 0.4) is 0 Å². The van der Waals surface area contributed by atoms with Crippen molar-refractivity contribution in [3.05, 3.63) is 0 Å². The number of rotatable bonds is 12. The highest BCUT2D eigenvalue weighted by Crippen LogP contribution is 2.32. The lowest BCUT2D eigenvalue weighted by Crippen LogP contribution is -2.36. The molecule has 5 nitrogen and oxygen atoms in total. The summed E-state index contributed by atoms with van der Waals surface area (Å²) in [6.45, 7) is 4.46. The Kier molecular flexibility index (Phi) is 9.01. The maximum Gasteiger partial charge on any atom is 0.0697 e. The third-order valence-corrected chi connectivity index (χ3v) is 5.75. The Balaban J connectivity index is 1.34. The maximum atomic E-state index is 8.57. The van der Waals surface area contributed by atoms with E-state index in [1.54, 1.807) is 0 Å². The highest BCUT2D eigenvalue weighted by atomic mass is 32.2. The summed E-state index contributed by atoms with van der Waals surface area (Å²) in [5.41, 5.74) is 0. The number of thioether (sulfide) groups is 1. The van der Waals surface area contributed by atoms with Crippen LogP contribution in [0, 0.1) is 0 Å². The Morgan fingerprint density at radius 2 is 2.00 bits per heavy atom. The third-order valence-electron chi connectivity index (χ3n) is 4.25. The van der Waals surface area contributed by atoms with Gasteiger partial charge in [-0.2, -0.15) is 11.8 Å². The van der Waals surface area contributed by atoms with Crippen molar-refractivity contribution >= 4 is 11.8 Å². The highest BCUT2D eigenvalue weighted by Gasteiger charge is 2.38. The van der Waals surface area contributed by atoms with Crippen molar-refractivity contribution in [2.75, 3.05) is 45.3 Å². The summed E-state index contributed by atoms with van der Waals surface area (Å²) in [6, 6.07) is 1.43. The number of unbranched alkanes of at least 4 members (excludes halogenated alkanes) is 2. The number of fused-ring (bicyclic) bond motifs is 1. The first-order valence-electron chi connectivity index (χ1n) is 8.39. The van der Waals surface area contributed by atoms with Crippen LogP contribution in [-0.4, -0.2) is 67.8 Å². The molecule has 0 aromatic heterocycles. The molecule has 0 saturated carbocycles. The van der Waals surface area contributed by atoms with E-state index in [2.05, 4.69) is 27.7 Å². The Morgan fingerprint density at radius 1 is 1.10 bits per heavy atom. The minimum atomic E-state index is 0.125. The van der Waals surface area contributed by atoms with Crippen molar-refractivity contribution in [2.45, 2.75) is 49.4 Å². The van der Waals surface area contributed by atoms with E-state index in [4.69, 9.17) is 9.84 Å². The van der Waals surface area contributed by atoms with E-state index in [0.717, 1.165) is 44.1 Å². The molecule has 2 aliphatic heterocycles. The molecule has 0 aromatic rings. The SMILES string of the molecule is OCCOCCCNCCCCC[C@@H]1SC[C@@H]2NCN[C@@H]21. The second kappa shape index (κ2) is 10.8. The normalized spacial score (nSPS) is 28.1. The van der Waals surface area contributed by atoms with Gasteiger partial charge >= 0.3 is 0 Å². The van der Waals surface area contributed by atoms with Crippen LogP contribution >= 0.6 is 11.8 Å². The number of hydrogen-bond acceptors (Lipinski definition) is 6.